The highest BCUT2D eigenvalue weighted by molar-refractivity contribution is 5.77. The zero-order chi connectivity index (χ0) is 17.4. The fourth-order valence-corrected chi connectivity index (χ4v) is 3.56. The minimum absolute atomic E-state index is 0.201. The number of alkyl halides is 2. The Balaban J connectivity index is 1.69. The van der Waals surface area contributed by atoms with Crippen molar-refractivity contribution in [3.63, 3.8) is 0 Å². The van der Waals surface area contributed by atoms with Crippen LogP contribution in [-0.4, -0.2) is 45.7 Å². The summed E-state index contributed by atoms with van der Waals surface area (Å²) in [5.74, 6) is -5.76. The number of likely N-dealkylation sites (tertiary alicyclic amines) is 1. The number of carbonyl (C=O) groups is 1. The van der Waals surface area contributed by atoms with Crippen LogP contribution in [-0.2, 0) is 11.3 Å². The van der Waals surface area contributed by atoms with Crippen molar-refractivity contribution >= 4 is 5.97 Å². The molecular weight excluding hydrogens is 316 g/mol. The third-order valence-electron chi connectivity index (χ3n) is 5.23. The van der Waals surface area contributed by atoms with Crippen molar-refractivity contribution in [1.82, 2.24) is 4.90 Å². The van der Waals surface area contributed by atoms with Crippen molar-refractivity contribution in [2.24, 2.45) is 0 Å². The van der Waals surface area contributed by atoms with Crippen LogP contribution in [0.1, 0.15) is 49.1 Å². The van der Waals surface area contributed by atoms with Crippen LogP contribution in [0.25, 0.3) is 0 Å². The molecule has 6 heteroatoms. The van der Waals surface area contributed by atoms with E-state index < -0.39 is 17.5 Å². The number of aliphatic carboxylic acids is 1. The Labute approximate surface area is 140 Å². The fraction of sp³-hybridized carbons (Fsp3) is 0.611. The molecule has 3 rings (SSSR count). The summed E-state index contributed by atoms with van der Waals surface area (Å²) in [6, 6.07) is 8.19. The van der Waals surface area contributed by atoms with Gasteiger partial charge in [-0.25, -0.2) is 4.79 Å². The second-order valence-corrected chi connectivity index (χ2v) is 7.01. The summed E-state index contributed by atoms with van der Waals surface area (Å²) in [5, 5.41) is 19.0. The van der Waals surface area contributed by atoms with Crippen LogP contribution in [0.4, 0.5) is 8.78 Å². The van der Waals surface area contributed by atoms with Gasteiger partial charge in [0, 0.05) is 13.1 Å². The number of nitrogens with zero attached hydrogens (tertiary/aromatic N) is 1. The van der Waals surface area contributed by atoms with Crippen LogP contribution in [0.15, 0.2) is 24.3 Å². The fourth-order valence-electron chi connectivity index (χ4n) is 3.56. The van der Waals surface area contributed by atoms with Crippen LogP contribution in [0.5, 0.6) is 0 Å². The molecule has 1 heterocycles. The van der Waals surface area contributed by atoms with E-state index in [-0.39, 0.29) is 19.4 Å². The first kappa shape index (κ1) is 17.3. The van der Waals surface area contributed by atoms with E-state index in [1.807, 2.05) is 17.0 Å². The molecule has 0 spiro atoms. The van der Waals surface area contributed by atoms with Gasteiger partial charge < -0.3 is 10.2 Å². The highest BCUT2D eigenvalue weighted by Gasteiger charge is 2.58. The van der Waals surface area contributed by atoms with Gasteiger partial charge in [0.2, 0.25) is 0 Å². The third kappa shape index (κ3) is 3.30. The van der Waals surface area contributed by atoms with Crippen molar-refractivity contribution in [3.05, 3.63) is 35.4 Å². The Bertz CT molecular complexity index is 618. The second-order valence-electron chi connectivity index (χ2n) is 7.01. The van der Waals surface area contributed by atoms with Crippen molar-refractivity contribution in [3.8, 4) is 0 Å². The molecule has 24 heavy (non-hydrogen) atoms. The molecule has 1 aromatic carbocycles. The molecule has 4 nitrogen and oxygen atoms in total. The lowest BCUT2D eigenvalue weighted by Gasteiger charge is -2.32. The lowest BCUT2D eigenvalue weighted by Crippen LogP contribution is -2.53. The summed E-state index contributed by atoms with van der Waals surface area (Å²) in [6.45, 7) is 1.50. The Morgan fingerprint density at radius 1 is 1.25 bits per heavy atom. The molecule has 0 amide bonds. The Morgan fingerprint density at radius 3 is 2.62 bits per heavy atom. The lowest BCUT2D eigenvalue weighted by atomic mass is 9.88. The first-order chi connectivity index (χ1) is 11.3. The Kier molecular flexibility index (Phi) is 4.62. The van der Waals surface area contributed by atoms with Gasteiger partial charge in [0.15, 0.2) is 0 Å². The van der Waals surface area contributed by atoms with Crippen LogP contribution >= 0.6 is 0 Å². The molecule has 1 unspecified atom stereocenters. The van der Waals surface area contributed by atoms with Crippen molar-refractivity contribution < 1.29 is 23.8 Å². The maximum absolute atomic E-state index is 13.9. The van der Waals surface area contributed by atoms with E-state index in [0.717, 1.165) is 0 Å². The molecule has 1 saturated heterocycles. The highest BCUT2D eigenvalue weighted by atomic mass is 19.3. The van der Waals surface area contributed by atoms with Gasteiger partial charge in [-0.05, 0) is 55.7 Å². The van der Waals surface area contributed by atoms with E-state index in [4.69, 9.17) is 5.11 Å². The molecule has 2 N–H and O–H groups in total. The number of aliphatic hydroxyl groups is 1. The van der Waals surface area contributed by atoms with Crippen LogP contribution < -0.4 is 0 Å². The number of carboxylic acid groups (broad SMARTS) is 1. The van der Waals surface area contributed by atoms with Crippen LogP contribution in [0, 0.1) is 0 Å². The van der Waals surface area contributed by atoms with Gasteiger partial charge in [-0.2, -0.15) is 8.78 Å². The monoisotopic (exact) mass is 339 g/mol. The molecular formula is C18H23F2NO3. The molecule has 2 fully saturated rings. The second kappa shape index (κ2) is 6.41. The van der Waals surface area contributed by atoms with Crippen molar-refractivity contribution in [1.29, 1.82) is 0 Å². The van der Waals surface area contributed by atoms with Gasteiger partial charge in [0.05, 0.1) is 0 Å². The van der Waals surface area contributed by atoms with Gasteiger partial charge in [0.25, 0.3) is 0 Å². The molecule has 1 aliphatic heterocycles. The quantitative estimate of drug-likeness (QED) is 0.866. The maximum atomic E-state index is 13.9. The average molecular weight is 339 g/mol. The molecule has 1 aromatic rings. The molecule has 1 atom stereocenters. The zero-order valence-electron chi connectivity index (χ0n) is 13.5. The molecule has 0 bridgehead atoms. The van der Waals surface area contributed by atoms with Gasteiger partial charge >= 0.3 is 11.9 Å². The lowest BCUT2D eigenvalue weighted by molar-refractivity contribution is -0.211. The number of carboxylic acids is 1. The summed E-state index contributed by atoms with van der Waals surface area (Å²) >= 11 is 0. The summed E-state index contributed by atoms with van der Waals surface area (Å²) in [5.41, 5.74) is 0.0622. The molecule has 0 aromatic heterocycles. The maximum Gasteiger partial charge on any atom is 0.377 e. The van der Waals surface area contributed by atoms with E-state index in [9.17, 15) is 18.7 Å². The van der Waals surface area contributed by atoms with Crippen LogP contribution in [0.3, 0.4) is 0 Å². The predicted molar refractivity (Wildman–Crippen MR) is 85.1 cm³/mol. The van der Waals surface area contributed by atoms with Gasteiger partial charge in [-0.15, -0.1) is 0 Å². The van der Waals surface area contributed by atoms with Crippen molar-refractivity contribution in [2.75, 3.05) is 13.1 Å². The van der Waals surface area contributed by atoms with E-state index in [0.29, 0.717) is 25.4 Å². The first-order valence-electron chi connectivity index (χ1n) is 8.47. The Hall–Kier alpha value is -1.53. The summed E-state index contributed by atoms with van der Waals surface area (Å²) in [7, 11) is 0. The summed E-state index contributed by atoms with van der Waals surface area (Å²) in [4.78, 5) is 12.9. The number of benzene rings is 1. The summed E-state index contributed by atoms with van der Waals surface area (Å²) < 4.78 is 27.7. The smallest absolute Gasteiger partial charge is 0.377 e. The first-order valence-corrected chi connectivity index (χ1v) is 8.47. The topological polar surface area (TPSA) is 60.8 Å². The van der Waals surface area contributed by atoms with E-state index in [1.165, 1.54) is 24.0 Å². The summed E-state index contributed by atoms with van der Waals surface area (Å²) in [6.07, 6.45) is 2.30. The molecule has 1 aliphatic carbocycles. The van der Waals surface area contributed by atoms with E-state index in [2.05, 4.69) is 12.1 Å². The molecule has 132 valence electrons. The number of hydrogen-bond acceptors (Lipinski definition) is 3. The van der Waals surface area contributed by atoms with Gasteiger partial charge in [-0.1, -0.05) is 24.3 Å². The molecule has 1 saturated carbocycles. The largest absolute Gasteiger partial charge is 0.477 e. The Morgan fingerprint density at radius 2 is 1.96 bits per heavy atom. The van der Waals surface area contributed by atoms with Gasteiger partial charge in [0.1, 0.15) is 5.60 Å². The molecule has 2 aliphatic rings. The van der Waals surface area contributed by atoms with Crippen molar-refractivity contribution in [2.45, 2.75) is 56.1 Å². The van der Waals surface area contributed by atoms with E-state index in [1.54, 1.807) is 0 Å². The van der Waals surface area contributed by atoms with Crippen LogP contribution in [0.2, 0.25) is 0 Å². The number of rotatable bonds is 5. The average Bonchev–Trinajstić information content (AvgIpc) is 3.37. The van der Waals surface area contributed by atoms with E-state index >= 15 is 0 Å². The van der Waals surface area contributed by atoms with Gasteiger partial charge in [-0.3, -0.25) is 4.90 Å². The minimum atomic E-state index is -4.12. The normalized spacial score (nSPS) is 26.1. The number of hydrogen-bond donors (Lipinski definition) is 2. The standard InChI is InChI=1S/C18H23F2NO3/c19-18(20,16(22)23)17(24)8-3-10-21(11-9-17)12-14-4-1-2-5-15(14)13-6-7-13/h1-2,4-5,13,24H,3,6-12H2,(H,22,23). The highest BCUT2D eigenvalue weighted by Crippen LogP contribution is 2.42. The minimum Gasteiger partial charge on any atom is -0.477 e. The molecule has 0 radical (unpaired) electrons. The third-order valence-corrected chi connectivity index (χ3v) is 5.23. The number of halogens is 2. The zero-order valence-corrected chi connectivity index (χ0v) is 13.5. The predicted octanol–water partition coefficient (Wildman–Crippen LogP) is 3.00. The SMILES string of the molecule is O=C(O)C(F)(F)C1(O)CCCN(Cc2ccccc2C2CC2)CC1.